The van der Waals surface area contributed by atoms with E-state index in [1.54, 1.807) is 18.3 Å². The highest BCUT2D eigenvalue weighted by atomic mass is 19.1. The van der Waals surface area contributed by atoms with Crippen molar-refractivity contribution in [3.63, 3.8) is 0 Å². The molecule has 2 atom stereocenters. The molecule has 37 heavy (non-hydrogen) atoms. The Bertz CT molecular complexity index is 1370. The van der Waals surface area contributed by atoms with Crippen LogP contribution in [0.5, 0.6) is 0 Å². The average molecular weight is 507 g/mol. The number of anilines is 3. The minimum absolute atomic E-state index is 0.0124. The topological polar surface area (TPSA) is 115 Å². The number of nitrogens with one attached hydrogen (secondary N) is 2. The van der Waals surface area contributed by atoms with Gasteiger partial charge in [0.05, 0.1) is 30.3 Å². The van der Waals surface area contributed by atoms with Crippen molar-refractivity contribution in [1.29, 1.82) is 0 Å². The molecule has 2 saturated heterocycles. The highest BCUT2D eigenvalue weighted by Gasteiger charge is 2.41. The summed E-state index contributed by atoms with van der Waals surface area (Å²) >= 11 is 0. The number of aryl methyl sites for hydroxylation is 1. The van der Waals surface area contributed by atoms with Crippen LogP contribution in [0.25, 0.3) is 21.9 Å². The summed E-state index contributed by atoms with van der Waals surface area (Å²) in [6.07, 6.45) is 4.35. The van der Waals surface area contributed by atoms with Gasteiger partial charge in [0.15, 0.2) is 5.82 Å². The molecular weight excluding hydrogens is 475 g/mol. The van der Waals surface area contributed by atoms with Crippen LogP contribution in [0.4, 0.5) is 26.4 Å². The first kappa shape index (κ1) is 23.9. The van der Waals surface area contributed by atoms with Crippen LogP contribution in [0.15, 0.2) is 24.5 Å². The van der Waals surface area contributed by atoms with E-state index >= 15 is 4.39 Å². The number of hydrogen-bond acceptors (Lipinski definition) is 8. The summed E-state index contributed by atoms with van der Waals surface area (Å²) in [6, 6.07) is 3.42. The lowest BCUT2D eigenvalue weighted by Gasteiger charge is -2.44. The number of ether oxygens (including phenoxy) is 2. The SMILES string of the molecule is Cc1c(-c2cc3cc(NC(=O)OC4C5COCC4CN(C)C5)ncc3c(N)c2F)cnc2c1NCCC2. The number of nitrogens with zero attached hydrogens (tertiary/aromatic N) is 3. The maximum absolute atomic E-state index is 15.4. The van der Waals surface area contributed by atoms with Crippen molar-refractivity contribution in [1.82, 2.24) is 14.9 Å². The summed E-state index contributed by atoms with van der Waals surface area (Å²) in [5.41, 5.74) is 10.2. The first-order chi connectivity index (χ1) is 17.9. The fraction of sp³-hybridized carbons (Fsp3) is 0.444. The summed E-state index contributed by atoms with van der Waals surface area (Å²) in [4.78, 5) is 23.9. The third-order valence-electron chi connectivity index (χ3n) is 7.76. The van der Waals surface area contributed by atoms with Crippen molar-refractivity contribution in [3.05, 3.63) is 41.6 Å². The third kappa shape index (κ3) is 4.34. The number of benzene rings is 1. The number of amides is 1. The zero-order chi connectivity index (χ0) is 25.7. The molecule has 10 heteroatoms. The average Bonchev–Trinajstić information content (AvgIpc) is 2.87. The van der Waals surface area contributed by atoms with E-state index in [-0.39, 0.29) is 23.6 Å². The maximum atomic E-state index is 15.4. The van der Waals surface area contributed by atoms with Gasteiger partial charge in [0.2, 0.25) is 0 Å². The quantitative estimate of drug-likeness (QED) is 0.460. The Hall–Kier alpha value is -3.50. The van der Waals surface area contributed by atoms with Gasteiger partial charge in [0.25, 0.3) is 0 Å². The predicted molar refractivity (Wildman–Crippen MR) is 140 cm³/mol. The Morgan fingerprint density at radius 1 is 1.22 bits per heavy atom. The molecule has 3 aliphatic rings. The first-order valence-electron chi connectivity index (χ1n) is 12.7. The highest BCUT2D eigenvalue weighted by Crippen LogP contribution is 2.38. The number of nitrogen functional groups attached to an aromatic ring is 1. The summed E-state index contributed by atoms with van der Waals surface area (Å²) < 4.78 is 26.9. The van der Waals surface area contributed by atoms with Gasteiger partial charge in [-0.1, -0.05) is 0 Å². The summed E-state index contributed by atoms with van der Waals surface area (Å²) in [6.45, 7) is 5.63. The largest absolute Gasteiger partial charge is 0.445 e. The van der Waals surface area contributed by atoms with E-state index in [2.05, 4.69) is 32.5 Å². The molecular formula is C27H31FN6O3. The summed E-state index contributed by atoms with van der Waals surface area (Å²) in [7, 11) is 2.07. The summed E-state index contributed by atoms with van der Waals surface area (Å²) in [5.74, 6) is 0.0825. The van der Waals surface area contributed by atoms with Gasteiger partial charge in [0.1, 0.15) is 11.9 Å². The summed E-state index contributed by atoms with van der Waals surface area (Å²) in [5, 5.41) is 7.28. The number of pyridine rings is 2. The number of halogens is 1. The Labute approximate surface area is 214 Å². The van der Waals surface area contributed by atoms with Gasteiger partial charge in [-0.2, -0.15) is 0 Å². The molecule has 4 N–H and O–H groups in total. The van der Waals surface area contributed by atoms with Crippen molar-refractivity contribution >= 4 is 34.1 Å². The van der Waals surface area contributed by atoms with Crippen LogP contribution in [0.2, 0.25) is 0 Å². The van der Waals surface area contributed by atoms with Gasteiger partial charge in [-0.05, 0) is 49.9 Å². The smallest absolute Gasteiger partial charge is 0.413 e. The van der Waals surface area contributed by atoms with Gasteiger partial charge in [0, 0.05) is 60.4 Å². The lowest BCUT2D eigenvalue weighted by atomic mass is 9.85. The van der Waals surface area contributed by atoms with Gasteiger partial charge in [-0.25, -0.2) is 14.2 Å². The Kier molecular flexibility index (Phi) is 6.08. The van der Waals surface area contributed by atoms with Crippen LogP contribution in [-0.2, 0) is 15.9 Å². The number of carbonyl (C=O) groups excluding carboxylic acids is 1. The van der Waals surface area contributed by atoms with E-state index in [1.165, 1.54) is 6.20 Å². The van der Waals surface area contributed by atoms with Crippen molar-refractivity contribution in [2.75, 3.05) is 56.3 Å². The predicted octanol–water partition coefficient (Wildman–Crippen LogP) is 3.81. The fourth-order valence-corrected chi connectivity index (χ4v) is 5.97. The van der Waals surface area contributed by atoms with Crippen LogP contribution in [0.1, 0.15) is 17.7 Å². The van der Waals surface area contributed by atoms with Crippen molar-refractivity contribution < 1.29 is 18.7 Å². The van der Waals surface area contributed by atoms with Crippen molar-refractivity contribution in [2.24, 2.45) is 11.8 Å². The second-order valence-corrected chi connectivity index (χ2v) is 10.4. The highest BCUT2D eigenvalue weighted by molar-refractivity contribution is 5.99. The molecule has 1 amide bonds. The lowest BCUT2D eigenvalue weighted by Crippen LogP contribution is -2.55. The molecule has 0 spiro atoms. The maximum Gasteiger partial charge on any atom is 0.413 e. The fourth-order valence-electron chi connectivity index (χ4n) is 5.97. The molecule has 0 saturated carbocycles. The number of aromatic nitrogens is 2. The zero-order valence-electron chi connectivity index (χ0n) is 21.0. The van der Waals surface area contributed by atoms with Gasteiger partial charge in [-0.3, -0.25) is 10.3 Å². The van der Waals surface area contributed by atoms with Crippen molar-refractivity contribution in [2.45, 2.75) is 25.9 Å². The number of fused-ring (bicyclic) bond motifs is 4. The molecule has 2 bridgehead atoms. The zero-order valence-corrected chi connectivity index (χ0v) is 21.0. The van der Waals surface area contributed by atoms with Gasteiger partial charge >= 0.3 is 6.09 Å². The van der Waals surface area contributed by atoms with E-state index < -0.39 is 11.9 Å². The van der Waals surface area contributed by atoms with Crippen LogP contribution in [0.3, 0.4) is 0 Å². The number of nitrogens with two attached hydrogens (primary N) is 1. The molecule has 2 fully saturated rings. The van der Waals surface area contributed by atoms with Crippen LogP contribution >= 0.6 is 0 Å². The minimum atomic E-state index is -0.561. The number of rotatable bonds is 3. The monoisotopic (exact) mass is 506 g/mol. The lowest BCUT2D eigenvalue weighted by molar-refractivity contribution is -0.119. The molecule has 3 aliphatic heterocycles. The number of likely N-dealkylation sites (tertiary alicyclic amines) is 1. The second-order valence-electron chi connectivity index (χ2n) is 10.4. The van der Waals surface area contributed by atoms with E-state index in [4.69, 9.17) is 15.2 Å². The normalized spacial score (nSPS) is 23.3. The van der Waals surface area contributed by atoms with E-state index in [9.17, 15) is 4.79 Å². The molecule has 0 radical (unpaired) electrons. The second kappa shape index (κ2) is 9.42. The minimum Gasteiger partial charge on any atom is -0.445 e. The molecule has 1 aromatic carbocycles. The number of piperidine rings is 1. The number of hydrogen-bond donors (Lipinski definition) is 3. The molecule has 194 valence electrons. The third-order valence-corrected chi connectivity index (χ3v) is 7.76. The molecule has 9 nitrogen and oxygen atoms in total. The molecule has 6 rings (SSSR count). The van der Waals surface area contributed by atoms with Crippen LogP contribution in [-0.4, -0.2) is 67.0 Å². The standard InChI is InChI=1S/C27H31FN6O3/c1-14-19(8-31-21-4-3-5-30-25(14)21)18-6-15-7-22(32-9-20(15)24(29)23(18)28)33-27(35)37-26-16-10-34(2)11-17(26)13-36-12-16/h6-9,16-17,26,30H,3-5,10-13,29H2,1-2H3,(H,32,33,35). The Morgan fingerprint density at radius 2 is 2.00 bits per heavy atom. The van der Waals surface area contributed by atoms with Crippen LogP contribution in [0, 0.1) is 24.6 Å². The van der Waals surface area contributed by atoms with E-state index in [1.807, 2.05) is 6.92 Å². The molecule has 5 heterocycles. The Balaban J connectivity index is 1.28. The van der Waals surface area contributed by atoms with E-state index in [0.29, 0.717) is 40.9 Å². The van der Waals surface area contributed by atoms with Gasteiger partial charge in [-0.15, -0.1) is 0 Å². The molecule has 2 aromatic heterocycles. The molecule has 3 aromatic rings. The van der Waals surface area contributed by atoms with Crippen molar-refractivity contribution in [3.8, 4) is 11.1 Å². The van der Waals surface area contributed by atoms with E-state index in [0.717, 1.165) is 49.4 Å². The molecule has 2 unspecified atom stereocenters. The Morgan fingerprint density at radius 3 is 2.78 bits per heavy atom. The first-order valence-corrected chi connectivity index (χ1v) is 12.7. The van der Waals surface area contributed by atoms with Gasteiger partial charge < -0.3 is 25.4 Å². The van der Waals surface area contributed by atoms with Crippen LogP contribution < -0.4 is 16.4 Å². The number of carbonyl (C=O) groups is 1. The molecule has 0 aliphatic carbocycles.